The van der Waals surface area contributed by atoms with E-state index in [9.17, 15) is 4.39 Å². The molecule has 0 saturated carbocycles. The molecule has 0 spiro atoms. The molecule has 2 aromatic rings. The molecule has 4 heteroatoms. The van der Waals surface area contributed by atoms with Crippen LogP contribution in [0.4, 0.5) is 15.8 Å². The number of hydrogen-bond donors (Lipinski definition) is 1. The van der Waals surface area contributed by atoms with Crippen molar-refractivity contribution >= 4 is 11.4 Å². The molecule has 0 fully saturated rings. The Labute approximate surface area is 99.7 Å². The topological polar surface area (TPSA) is 42.1 Å². The van der Waals surface area contributed by atoms with Gasteiger partial charge in [-0.1, -0.05) is 12.1 Å². The maximum absolute atomic E-state index is 13.6. The van der Waals surface area contributed by atoms with Gasteiger partial charge in [-0.05, 0) is 24.3 Å². The van der Waals surface area contributed by atoms with Gasteiger partial charge < -0.3 is 10.6 Å². The summed E-state index contributed by atoms with van der Waals surface area (Å²) < 4.78 is 13.6. The van der Waals surface area contributed by atoms with E-state index in [0.717, 1.165) is 11.4 Å². The third kappa shape index (κ3) is 2.42. The molecular weight excluding hydrogens is 217 g/mol. The highest BCUT2D eigenvalue weighted by Gasteiger charge is 2.08. The largest absolute Gasteiger partial charge is 0.341 e. The van der Waals surface area contributed by atoms with Gasteiger partial charge in [0.2, 0.25) is 0 Å². The van der Waals surface area contributed by atoms with Crippen molar-refractivity contribution in [3.05, 3.63) is 54.1 Å². The predicted molar refractivity (Wildman–Crippen MR) is 66.6 cm³/mol. The van der Waals surface area contributed by atoms with Gasteiger partial charge in [-0.3, -0.25) is 4.98 Å². The van der Waals surface area contributed by atoms with Crippen LogP contribution in [0.5, 0.6) is 0 Å². The van der Waals surface area contributed by atoms with Crippen molar-refractivity contribution in [3.8, 4) is 0 Å². The van der Waals surface area contributed by atoms with E-state index in [1.165, 1.54) is 6.07 Å². The smallest absolute Gasteiger partial charge is 0.146 e. The molecule has 1 heterocycles. The monoisotopic (exact) mass is 231 g/mol. The number of aromatic nitrogens is 1. The number of benzene rings is 1. The fourth-order valence-electron chi connectivity index (χ4n) is 1.60. The van der Waals surface area contributed by atoms with Gasteiger partial charge in [0.15, 0.2) is 0 Å². The molecule has 2 rings (SSSR count). The summed E-state index contributed by atoms with van der Waals surface area (Å²) >= 11 is 0. The van der Waals surface area contributed by atoms with E-state index >= 15 is 0 Å². The molecule has 88 valence electrons. The highest BCUT2D eigenvalue weighted by atomic mass is 19.1. The van der Waals surface area contributed by atoms with Crippen molar-refractivity contribution in [2.45, 2.75) is 6.54 Å². The van der Waals surface area contributed by atoms with E-state index in [4.69, 9.17) is 5.73 Å². The molecule has 0 unspecified atom stereocenters. The highest BCUT2D eigenvalue weighted by Crippen LogP contribution is 2.25. The van der Waals surface area contributed by atoms with Gasteiger partial charge in [-0.2, -0.15) is 0 Å². The summed E-state index contributed by atoms with van der Waals surface area (Å²) in [5.74, 6) is -0.252. The average molecular weight is 231 g/mol. The Kier molecular flexibility index (Phi) is 3.35. The predicted octanol–water partition coefficient (Wildman–Crippen LogP) is 2.45. The second-order valence-corrected chi connectivity index (χ2v) is 3.72. The van der Waals surface area contributed by atoms with Crippen LogP contribution in [-0.4, -0.2) is 12.0 Å². The summed E-state index contributed by atoms with van der Waals surface area (Å²) in [5.41, 5.74) is 7.64. The summed E-state index contributed by atoms with van der Waals surface area (Å²) in [6.45, 7) is 0.406. The Balaban J connectivity index is 2.30. The molecule has 1 aromatic carbocycles. The average Bonchev–Trinajstić information content (AvgIpc) is 2.39. The Morgan fingerprint density at radius 3 is 2.59 bits per heavy atom. The summed E-state index contributed by atoms with van der Waals surface area (Å²) in [6.07, 6.45) is 1.69. The zero-order valence-corrected chi connectivity index (χ0v) is 9.60. The van der Waals surface area contributed by atoms with Crippen molar-refractivity contribution in [1.82, 2.24) is 4.98 Å². The van der Waals surface area contributed by atoms with Gasteiger partial charge in [0.25, 0.3) is 0 Å². The minimum atomic E-state index is -0.252. The lowest BCUT2D eigenvalue weighted by molar-refractivity contribution is 0.627. The molecule has 0 aliphatic carbocycles. The van der Waals surface area contributed by atoms with Crippen LogP contribution in [0.15, 0.2) is 42.6 Å². The number of pyridine rings is 1. The minimum Gasteiger partial charge on any atom is -0.341 e. The number of nitrogens with zero attached hydrogens (tertiary/aromatic N) is 2. The molecule has 0 atom stereocenters. The maximum atomic E-state index is 13.6. The summed E-state index contributed by atoms with van der Waals surface area (Å²) in [7, 11) is 1.80. The number of halogens is 1. The lowest BCUT2D eigenvalue weighted by Gasteiger charge is -2.19. The Hall–Kier alpha value is -1.94. The molecule has 3 nitrogen and oxygen atoms in total. The molecule has 0 bridgehead atoms. The van der Waals surface area contributed by atoms with Crippen LogP contribution in [0, 0.1) is 5.82 Å². The second-order valence-electron chi connectivity index (χ2n) is 3.72. The number of para-hydroxylation sites is 1. The Bertz CT molecular complexity index is 496. The fourth-order valence-corrected chi connectivity index (χ4v) is 1.60. The van der Waals surface area contributed by atoms with E-state index < -0.39 is 0 Å². The van der Waals surface area contributed by atoms with Crippen molar-refractivity contribution in [1.29, 1.82) is 0 Å². The molecule has 1 aromatic heterocycles. The molecule has 0 aliphatic rings. The number of nitrogens with two attached hydrogens (primary N) is 1. The first-order valence-electron chi connectivity index (χ1n) is 5.35. The lowest BCUT2D eigenvalue weighted by Crippen LogP contribution is -2.12. The Morgan fingerprint density at radius 2 is 2.00 bits per heavy atom. The van der Waals surface area contributed by atoms with Crippen molar-refractivity contribution < 1.29 is 4.39 Å². The van der Waals surface area contributed by atoms with Crippen LogP contribution in [0.1, 0.15) is 5.69 Å². The van der Waals surface area contributed by atoms with E-state index in [1.807, 2.05) is 12.1 Å². The standard InChI is InChI=1S/C13H14FN3/c1-17(13-5-3-2-4-12(13)14)11-7-6-10(8-15)16-9-11/h2-7,9H,8,15H2,1H3. The maximum Gasteiger partial charge on any atom is 0.146 e. The summed E-state index contributed by atoms with van der Waals surface area (Å²) in [6, 6.07) is 10.4. The quantitative estimate of drug-likeness (QED) is 0.882. The molecule has 2 N–H and O–H groups in total. The van der Waals surface area contributed by atoms with E-state index in [0.29, 0.717) is 12.2 Å². The molecule has 0 radical (unpaired) electrons. The summed E-state index contributed by atoms with van der Waals surface area (Å²) in [5, 5.41) is 0. The van der Waals surface area contributed by atoms with Gasteiger partial charge in [0.1, 0.15) is 5.82 Å². The first-order chi connectivity index (χ1) is 8.22. The zero-order chi connectivity index (χ0) is 12.3. The SMILES string of the molecule is CN(c1ccc(CN)nc1)c1ccccc1F. The Morgan fingerprint density at radius 1 is 1.24 bits per heavy atom. The first kappa shape index (κ1) is 11.5. The third-order valence-electron chi connectivity index (χ3n) is 2.62. The number of hydrogen-bond acceptors (Lipinski definition) is 3. The number of rotatable bonds is 3. The molecular formula is C13H14FN3. The highest BCUT2D eigenvalue weighted by molar-refractivity contribution is 5.62. The van der Waals surface area contributed by atoms with Crippen LogP contribution in [-0.2, 0) is 6.54 Å². The van der Waals surface area contributed by atoms with Gasteiger partial charge in [0, 0.05) is 13.6 Å². The van der Waals surface area contributed by atoms with Gasteiger partial charge in [0.05, 0.1) is 23.3 Å². The van der Waals surface area contributed by atoms with Crippen LogP contribution in [0.25, 0.3) is 0 Å². The molecule has 0 aliphatic heterocycles. The van der Waals surface area contributed by atoms with Crippen LogP contribution < -0.4 is 10.6 Å². The second kappa shape index (κ2) is 4.93. The van der Waals surface area contributed by atoms with Gasteiger partial charge in [-0.25, -0.2) is 4.39 Å². The lowest BCUT2D eigenvalue weighted by atomic mass is 10.2. The molecule has 0 amide bonds. The van der Waals surface area contributed by atoms with E-state index in [-0.39, 0.29) is 5.82 Å². The number of anilines is 2. The minimum absolute atomic E-state index is 0.252. The molecule has 17 heavy (non-hydrogen) atoms. The van der Waals surface area contributed by atoms with Crippen LogP contribution >= 0.6 is 0 Å². The van der Waals surface area contributed by atoms with E-state index in [1.54, 1.807) is 36.3 Å². The van der Waals surface area contributed by atoms with Crippen molar-refractivity contribution in [3.63, 3.8) is 0 Å². The van der Waals surface area contributed by atoms with Gasteiger partial charge in [-0.15, -0.1) is 0 Å². The fraction of sp³-hybridized carbons (Fsp3) is 0.154. The third-order valence-corrected chi connectivity index (χ3v) is 2.62. The van der Waals surface area contributed by atoms with Crippen LogP contribution in [0.2, 0.25) is 0 Å². The van der Waals surface area contributed by atoms with Crippen molar-refractivity contribution in [2.24, 2.45) is 5.73 Å². The molecule has 0 saturated heterocycles. The normalized spacial score (nSPS) is 10.3. The van der Waals surface area contributed by atoms with E-state index in [2.05, 4.69) is 4.98 Å². The van der Waals surface area contributed by atoms with Gasteiger partial charge >= 0.3 is 0 Å². The summed E-state index contributed by atoms with van der Waals surface area (Å²) in [4.78, 5) is 5.94. The zero-order valence-electron chi connectivity index (χ0n) is 9.60. The van der Waals surface area contributed by atoms with Crippen molar-refractivity contribution in [2.75, 3.05) is 11.9 Å². The first-order valence-corrected chi connectivity index (χ1v) is 5.35. The van der Waals surface area contributed by atoms with Crippen LogP contribution in [0.3, 0.4) is 0 Å².